The van der Waals surface area contributed by atoms with E-state index < -0.39 is 5.97 Å². The molecule has 2 rings (SSSR count). The molecule has 1 aromatic rings. The zero-order valence-electron chi connectivity index (χ0n) is 10.1. The van der Waals surface area contributed by atoms with Gasteiger partial charge in [-0.05, 0) is 23.3 Å². The molecule has 1 amide bonds. The minimum Gasteiger partial charge on any atom is -0.465 e. The van der Waals surface area contributed by atoms with Crippen LogP contribution in [-0.2, 0) is 9.53 Å². The molecule has 1 aromatic heterocycles. The third kappa shape index (κ3) is 2.34. The molecule has 1 unspecified atom stereocenters. The van der Waals surface area contributed by atoms with Gasteiger partial charge in [-0.1, -0.05) is 13.8 Å². The van der Waals surface area contributed by atoms with Crippen LogP contribution < -0.4 is 5.32 Å². The molecular formula is C12H15NO3S. The number of anilines is 1. The maximum absolute atomic E-state index is 11.9. The number of thiophene rings is 1. The molecule has 0 bridgehead atoms. The number of ether oxygens (including phenoxy) is 1. The highest BCUT2D eigenvalue weighted by atomic mass is 32.1. The first-order valence-corrected chi connectivity index (χ1v) is 6.30. The van der Waals surface area contributed by atoms with Gasteiger partial charge in [0.2, 0.25) is 5.91 Å². The van der Waals surface area contributed by atoms with Crippen LogP contribution >= 0.6 is 11.3 Å². The van der Waals surface area contributed by atoms with Gasteiger partial charge in [-0.3, -0.25) is 4.79 Å². The Hall–Kier alpha value is -1.36. The lowest BCUT2D eigenvalue weighted by molar-refractivity contribution is -0.117. The average molecular weight is 253 g/mol. The summed E-state index contributed by atoms with van der Waals surface area (Å²) < 4.78 is 4.65. The standard InChI is InChI=1S/C12H15NO3S/c1-12(2)6-7(12)10(14)13-8-4-5-17-9(8)11(15)16-3/h4-5,7H,6H2,1-3H3,(H,13,14). The summed E-state index contributed by atoms with van der Waals surface area (Å²) in [6, 6.07) is 1.73. The fraction of sp³-hybridized carbons (Fsp3) is 0.500. The summed E-state index contributed by atoms with van der Waals surface area (Å²) in [5.74, 6) is -0.378. The molecule has 1 heterocycles. The van der Waals surface area contributed by atoms with E-state index in [0.717, 1.165) is 6.42 Å². The van der Waals surface area contributed by atoms with E-state index in [2.05, 4.69) is 23.9 Å². The van der Waals surface area contributed by atoms with Crippen molar-refractivity contribution < 1.29 is 14.3 Å². The summed E-state index contributed by atoms with van der Waals surface area (Å²) in [7, 11) is 1.33. The Morgan fingerprint density at radius 2 is 2.18 bits per heavy atom. The van der Waals surface area contributed by atoms with Gasteiger partial charge < -0.3 is 10.1 Å². The van der Waals surface area contributed by atoms with Crippen molar-refractivity contribution in [3.63, 3.8) is 0 Å². The second kappa shape index (κ2) is 4.14. The molecule has 17 heavy (non-hydrogen) atoms. The second-order valence-corrected chi connectivity index (χ2v) is 5.81. The van der Waals surface area contributed by atoms with Crippen LogP contribution in [0.1, 0.15) is 29.9 Å². The van der Waals surface area contributed by atoms with Crippen LogP contribution in [0.3, 0.4) is 0 Å². The van der Waals surface area contributed by atoms with Gasteiger partial charge in [0.1, 0.15) is 4.88 Å². The normalized spacial score (nSPS) is 20.8. The van der Waals surface area contributed by atoms with Crippen LogP contribution in [0.4, 0.5) is 5.69 Å². The molecule has 0 aliphatic heterocycles. The van der Waals surface area contributed by atoms with E-state index >= 15 is 0 Å². The lowest BCUT2D eigenvalue weighted by Crippen LogP contribution is -2.17. The van der Waals surface area contributed by atoms with E-state index in [4.69, 9.17) is 0 Å². The van der Waals surface area contributed by atoms with Gasteiger partial charge in [-0.15, -0.1) is 11.3 Å². The van der Waals surface area contributed by atoms with E-state index in [-0.39, 0.29) is 17.2 Å². The van der Waals surface area contributed by atoms with Crippen molar-refractivity contribution in [1.82, 2.24) is 0 Å². The smallest absolute Gasteiger partial charge is 0.350 e. The third-order valence-corrected chi connectivity index (χ3v) is 4.02. The first-order valence-electron chi connectivity index (χ1n) is 5.42. The molecule has 1 fully saturated rings. The number of amides is 1. The monoisotopic (exact) mass is 253 g/mol. The number of carbonyl (C=O) groups is 2. The molecule has 0 spiro atoms. The Morgan fingerprint density at radius 1 is 1.53 bits per heavy atom. The summed E-state index contributed by atoms with van der Waals surface area (Å²) >= 11 is 1.27. The number of rotatable bonds is 3. The zero-order chi connectivity index (χ0) is 12.6. The van der Waals surface area contributed by atoms with Gasteiger partial charge >= 0.3 is 5.97 Å². The fourth-order valence-electron chi connectivity index (χ4n) is 1.79. The highest BCUT2D eigenvalue weighted by Crippen LogP contribution is 2.52. The number of carbonyl (C=O) groups excluding carboxylic acids is 2. The molecule has 1 aliphatic carbocycles. The molecule has 1 atom stereocenters. The fourth-order valence-corrected chi connectivity index (χ4v) is 2.56. The molecule has 1 N–H and O–H groups in total. The minimum absolute atomic E-state index is 0.0152. The van der Waals surface area contributed by atoms with Gasteiger partial charge in [0.05, 0.1) is 12.8 Å². The summed E-state index contributed by atoms with van der Waals surface area (Å²) in [6.45, 7) is 4.12. The van der Waals surface area contributed by atoms with Crippen LogP contribution in [0.15, 0.2) is 11.4 Å². The third-order valence-electron chi connectivity index (χ3n) is 3.12. The van der Waals surface area contributed by atoms with Crippen LogP contribution in [0.2, 0.25) is 0 Å². The van der Waals surface area contributed by atoms with Crippen molar-refractivity contribution in [3.8, 4) is 0 Å². The van der Waals surface area contributed by atoms with Crippen molar-refractivity contribution in [1.29, 1.82) is 0 Å². The Labute approximate surface area is 104 Å². The van der Waals surface area contributed by atoms with Crippen LogP contribution in [0, 0.1) is 11.3 Å². The zero-order valence-corrected chi connectivity index (χ0v) is 10.9. The van der Waals surface area contributed by atoms with Crippen LogP contribution in [0.25, 0.3) is 0 Å². The summed E-state index contributed by atoms with van der Waals surface area (Å²) in [5, 5.41) is 4.56. The number of esters is 1. The van der Waals surface area contributed by atoms with E-state index in [9.17, 15) is 9.59 Å². The molecule has 1 saturated carbocycles. The van der Waals surface area contributed by atoms with E-state index in [1.807, 2.05) is 0 Å². The summed E-state index contributed by atoms with van der Waals surface area (Å²) in [6.07, 6.45) is 0.899. The number of hydrogen-bond donors (Lipinski definition) is 1. The van der Waals surface area contributed by atoms with E-state index in [1.165, 1.54) is 18.4 Å². The molecule has 0 saturated heterocycles. The lowest BCUT2D eigenvalue weighted by Gasteiger charge is -2.06. The minimum atomic E-state index is -0.412. The molecule has 0 radical (unpaired) electrons. The molecule has 4 nitrogen and oxygen atoms in total. The van der Waals surface area contributed by atoms with Crippen LogP contribution in [0.5, 0.6) is 0 Å². The maximum atomic E-state index is 11.9. The second-order valence-electron chi connectivity index (χ2n) is 4.89. The molecule has 1 aliphatic rings. The Morgan fingerprint density at radius 3 is 2.71 bits per heavy atom. The van der Waals surface area contributed by atoms with Gasteiger partial charge in [0.15, 0.2) is 0 Å². The first-order chi connectivity index (χ1) is 7.95. The van der Waals surface area contributed by atoms with Crippen molar-refractivity contribution >= 4 is 28.9 Å². The van der Waals surface area contributed by atoms with Gasteiger partial charge in [0, 0.05) is 5.92 Å². The SMILES string of the molecule is COC(=O)c1sccc1NC(=O)C1CC1(C)C. The van der Waals surface area contributed by atoms with E-state index in [1.54, 1.807) is 11.4 Å². The predicted octanol–water partition coefficient (Wildman–Crippen LogP) is 2.52. The highest BCUT2D eigenvalue weighted by Gasteiger charge is 2.50. The first kappa shape index (κ1) is 12.1. The van der Waals surface area contributed by atoms with Crippen molar-refractivity contribution in [2.45, 2.75) is 20.3 Å². The quantitative estimate of drug-likeness (QED) is 0.842. The van der Waals surface area contributed by atoms with Crippen molar-refractivity contribution in [3.05, 3.63) is 16.3 Å². The molecule has 0 aromatic carbocycles. The van der Waals surface area contributed by atoms with Gasteiger partial charge in [-0.25, -0.2) is 4.79 Å². The van der Waals surface area contributed by atoms with Gasteiger partial charge in [0.25, 0.3) is 0 Å². The largest absolute Gasteiger partial charge is 0.465 e. The topological polar surface area (TPSA) is 55.4 Å². The highest BCUT2D eigenvalue weighted by molar-refractivity contribution is 7.12. The predicted molar refractivity (Wildman–Crippen MR) is 66.2 cm³/mol. The summed E-state index contributed by atoms with van der Waals surface area (Å²) in [5.41, 5.74) is 0.639. The average Bonchev–Trinajstić information content (AvgIpc) is 2.72. The van der Waals surface area contributed by atoms with Crippen molar-refractivity contribution in [2.75, 3.05) is 12.4 Å². The molecule has 5 heteroatoms. The van der Waals surface area contributed by atoms with E-state index in [0.29, 0.717) is 10.6 Å². The van der Waals surface area contributed by atoms with Gasteiger partial charge in [-0.2, -0.15) is 0 Å². The Kier molecular flexibility index (Phi) is 2.95. The maximum Gasteiger partial charge on any atom is 0.350 e. The Balaban J connectivity index is 2.07. The molecular weight excluding hydrogens is 238 g/mol. The number of nitrogens with one attached hydrogen (secondary N) is 1. The van der Waals surface area contributed by atoms with Crippen LogP contribution in [-0.4, -0.2) is 19.0 Å². The summed E-state index contributed by atoms with van der Waals surface area (Å²) in [4.78, 5) is 23.8. The number of methoxy groups -OCH3 is 1. The van der Waals surface area contributed by atoms with Crippen molar-refractivity contribution in [2.24, 2.45) is 11.3 Å². The lowest BCUT2D eigenvalue weighted by atomic mass is 10.1. The molecule has 92 valence electrons. The number of hydrogen-bond acceptors (Lipinski definition) is 4. The Bertz CT molecular complexity index is 464.